The summed E-state index contributed by atoms with van der Waals surface area (Å²) < 4.78 is 82.5. The van der Waals surface area contributed by atoms with Crippen molar-refractivity contribution >= 4 is 6.09 Å². The van der Waals surface area contributed by atoms with Crippen LogP contribution in [-0.2, 0) is 6.18 Å². The maximum Gasteiger partial charge on any atom is 0.471 e. The van der Waals surface area contributed by atoms with Gasteiger partial charge in [0.2, 0.25) is 5.82 Å². The molecule has 1 amide bonds. The molecule has 0 atom stereocenters. The zero-order valence-corrected chi connectivity index (χ0v) is 10.7. The van der Waals surface area contributed by atoms with Gasteiger partial charge in [-0.15, -0.1) is 0 Å². The second-order valence-electron chi connectivity index (χ2n) is 3.90. The summed E-state index contributed by atoms with van der Waals surface area (Å²) in [5, 5.41) is 4.09. The molecule has 0 radical (unpaired) electrons. The van der Waals surface area contributed by atoms with Crippen LogP contribution < -0.4 is 10.1 Å². The molecule has 0 unspecified atom stereocenters. The third kappa shape index (κ3) is 4.11. The van der Waals surface area contributed by atoms with Gasteiger partial charge in [0, 0.05) is 5.56 Å². The quantitative estimate of drug-likeness (QED) is 0.685. The fourth-order valence-corrected chi connectivity index (χ4v) is 1.40. The highest BCUT2D eigenvalue weighted by molar-refractivity contribution is 5.70. The van der Waals surface area contributed by atoms with Crippen LogP contribution >= 0.6 is 0 Å². The van der Waals surface area contributed by atoms with Crippen molar-refractivity contribution in [1.29, 1.82) is 0 Å². The maximum absolute atomic E-state index is 13.7. The van der Waals surface area contributed by atoms with Gasteiger partial charge in [0.25, 0.3) is 0 Å². The van der Waals surface area contributed by atoms with E-state index in [1.165, 1.54) is 0 Å². The van der Waals surface area contributed by atoms with Crippen molar-refractivity contribution in [2.45, 2.75) is 12.7 Å². The molecule has 124 valence electrons. The third-order valence-corrected chi connectivity index (χ3v) is 2.29. The Balaban J connectivity index is 2.19. The van der Waals surface area contributed by atoms with Gasteiger partial charge in [-0.1, -0.05) is 5.16 Å². The van der Waals surface area contributed by atoms with E-state index >= 15 is 0 Å². The summed E-state index contributed by atoms with van der Waals surface area (Å²) in [5.74, 6) is -4.10. The van der Waals surface area contributed by atoms with Crippen LogP contribution in [0.4, 0.5) is 31.1 Å². The number of hydrogen-bond acceptors (Lipinski definition) is 5. The minimum absolute atomic E-state index is 0.205. The highest BCUT2D eigenvalue weighted by Gasteiger charge is 2.38. The average molecular weight is 341 g/mol. The molecule has 0 fully saturated rings. The van der Waals surface area contributed by atoms with E-state index in [-0.39, 0.29) is 5.56 Å². The summed E-state index contributed by atoms with van der Waals surface area (Å²) in [5.41, 5.74) is -0.205. The number of nitrogens with one attached hydrogen (secondary N) is 1. The second kappa shape index (κ2) is 6.14. The lowest BCUT2D eigenvalue weighted by atomic mass is 10.2. The average Bonchev–Trinajstić information content (AvgIpc) is 2.89. The van der Waals surface area contributed by atoms with E-state index in [0.717, 1.165) is 17.4 Å². The Kier molecular flexibility index (Phi) is 4.43. The molecule has 1 aromatic carbocycles. The molecule has 0 saturated heterocycles. The maximum atomic E-state index is 13.7. The predicted molar refractivity (Wildman–Crippen MR) is 59.9 cm³/mol. The van der Waals surface area contributed by atoms with Gasteiger partial charge < -0.3 is 9.26 Å². The number of alkyl halides is 5. The lowest BCUT2D eigenvalue weighted by Gasteiger charge is -2.07. The molecule has 12 heteroatoms. The smallest absolute Gasteiger partial charge is 0.407 e. The van der Waals surface area contributed by atoms with E-state index in [1.54, 1.807) is 0 Å². The van der Waals surface area contributed by atoms with Crippen LogP contribution in [0.25, 0.3) is 11.4 Å². The van der Waals surface area contributed by atoms with Crippen LogP contribution in [0.15, 0.2) is 22.7 Å². The molecule has 2 rings (SSSR count). The van der Waals surface area contributed by atoms with Crippen molar-refractivity contribution in [3.8, 4) is 17.1 Å². The Morgan fingerprint density at radius 1 is 1.30 bits per heavy atom. The molecule has 0 bridgehead atoms. The van der Waals surface area contributed by atoms with E-state index in [0.29, 0.717) is 6.07 Å². The first-order chi connectivity index (χ1) is 10.7. The fourth-order valence-electron chi connectivity index (χ4n) is 1.40. The first-order valence-electron chi connectivity index (χ1n) is 5.64. The summed E-state index contributed by atoms with van der Waals surface area (Å²) in [6, 6.07) is 2.49. The topological polar surface area (TPSA) is 77.2 Å². The van der Waals surface area contributed by atoms with Crippen LogP contribution in [-0.4, -0.2) is 22.8 Å². The SMILES string of the molecule is O=C(NC(F)F)Oc1ccc(-c2noc(C(F)(F)F)n2)cc1F. The van der Waals surface area contributed by atoms with Crippen molar-refractivity contribution in [3.63, 3.8) is 0 Å². The Morgan fingerprint density at radius 3 is 2.52 bits per heavy atom. The number of halogens is 6. The molecule has 0 aliphatic rings. The molecule has 6 nitrogen and oxygen atoms in total. The molecular formula is C11H5F6N3O3. The summed E-state index contributed by atoms with van der Waals surface area (Å²) in [4.78, 5) is 13.9. The van der Waals surface area contributed by atoms with Crippen LogP contribution in [0.3, 0.4) is 0 Å². The minimum Gasteiger partial charge on any atom is -0.407 e. The molecule has 1 aromatic heterocycles. The van der Waals surface area contributed by atoms with E-state index < -0.39 is 42.1 Å². The highest BCUT2D eigenvalue weighted by Crippen LogP contribution is 2.30. The van der Waals surface area contributed by atoms with Crippen LogP contribution in [0.2, 0.25) is 0 Å². The van der Waals surface area contributed by atoms with Crippen LogP contribution in [0.1, 0.15) is 5.89 Å². The number of carbonyl (C=O) groups is 1. The van der Waals surface area contributed by atoms with E-state index in [2.05, 4.69) is 19.4 Å². The van der Waals surface area contributed by atoms with E-state index in [9.17, 15) is 31.1 Å². The van der Waals surface area contributed by atoms with Gasteiger partial charge in [0.15, 0.2) is 11.6 Å². The van der Waals surface area contributed by atoms with Gasteiger partial charge in [-0.25, -0.2) is 9.18 Å². The lowest BCUT2D eigenvalue weighted by Crippen LogP contribution is -2.31. The fraction of sp³-hybridized carbons (Fsp3) is 0.182. The van der Waals surface area contributed by atoms with Gasteiger partial charge in [-0.3, -0.25) is 5.32 Å². The number of carbonyl (C=O) groups excluding carboxylic acids is 1. The molecule has 0 saturated carbocycles. The van der Waals surface area contributed by atoms with Gasteiger partial charge in [0.1, 0.15) is 0 Å². The van der Waals surface area contributed by atoms with E-state index in [1.807, 2.05) is 0 Å². The number of amides is 1. The lowest BCUT2D eigenvalue weighted by molar-refractivity contribution is -0.159. The van der Waals surface area contributed by atoms with Crippen molar-refractivity contribution in [1.82, 2.24) is 15.5 Å². The van der Waals surface area contributed by atoms with Crippen molar-refractivity contribution in [3.05, 3.63) is 29.9 Å². The summed E-state index contributed by atoms with van der Waals surface area (Å²) in [6.45, 7) is -3.20. The molecule has 2 aromatic rings. The van der Waals surface area contributed by atoms with Gasteiger partial charge in [-0.2, -0.15) is 26.9 Å². The number of nitrogens with zero attached hydrogens (tertiary/aromatic N) is 2. The van der Waals surface area contributed by atoms with E-state index in [4.69, 9.17) is 0 Å². The Labute approximate surface area is 123 Å². The number of hydrogen-bond donors (Lipinski definition) is 1. The molecule has 0 spiro atoms. The van der Waals surface area contributed by atoms with Crippen molar-refractivity contribution in [2.24, 2.45) is 0 Å². The largest absolute Gasteiger partial charge is 0.471 e. The Bertz CT molecular complexity index is 715. The second-order valence-corrected chi connectivity index (χ2v) is 3.90. The molecular weight excluding hydrogens is 336 g/mol. The monoisotopic (exact) mass is 341 g/mol. The van der Waals surface area contributed by atoms with Crippen molar-refractivity contribution < 1.29 is 40.4 Å². The van der Waals surface area contributed by atoms with Crippen LogP contribution in [0, 0.1) is 5.82 Å². The Hall–Kier alpha value is -2.79. The van der Waals surface area contributed by atoms with Crippen molar-refractivity contribution in [2.75, 3.05) is 0 Å². The number of benzene rings is 1. The Morgan fingerprint density at radius 2 is 2.00 bits per heavy atom. The molecule has 0 aliphatic carbocycles. The van der Waals surface area contributed by atoms with Crippen LogP contribution in [0.5, 0.6) is 5.75 Å². The zero-order chi connectivity index (χ0) is 17.2. The summed E-state index contributed by atoms with van der Waals surface area (Å²) in [7, 11) is 0. The first-order valence-corrected chi connectivity index (χ1v) is 5.64. The predicted octanol–water partition coefficient (Wildman–Crippen LogP) is 3.21. The number of rotatable bonds is 3. The summed E-state index contributed by atoms with van der Waals surface area (Å²) in [6.07, 6.45) is -6.47. The van der Waals surface area contributed by atoms with Gasteiger partial charge in [0.05, 0.1) is 0 Å². The first kappa shape index (κ1) is 16.6. The standard InChI is InChI=1S/C11H5F6N3O3/c12-5-3-4(7-18-8(23-20-7)11(15,16)17)1-2-6(5)22-10(21)19-9(13)14/h1-3,9H,(H,19,21). The third-order valence-electron chi connectivity index (χ3n) is 2.29. The number of ether oxygens (including phenoxy) is 1. The highest BCUT2D eigenvalue weighted by atomic mass is 19.4. The molecule has 23 heavy (non-hydrogen) atoms. The van der Waals surface area contributed by atoms with Gasteiger partial charge in [-0.05, 0) is 18.2 Å². The molecule has 1 heterocycles. The summed E-state index contributed by atoms with van der Waals surface area (Å²) >= 11 is 0. The number of aromatic nitrogens is 2. The molecule has 1 N–H and O–H groups in total. The normalized spacial score (nSPS) is 11.6. The van der Waals surface area contributed by atoms with Gasteiger partial charge >= 0.3 is 24.7 Å². The zero-order valence-electron chi connectivity index (χ0n) is 10.7. The molecule has 0 aliphatic heterocycles. The minimum atomic E-state index is -4.86.